The number of rotatable bonds is 0. The van der Waals surface area contributed by atoms with Crippen LogP contribution in [0.1, 0.15) is 46.5 Å². The molecule has 4 saturated heterocycles. The fourth-order valence-electron chi connectivity index (χ4n) is 4.89. The third kappa shape index (κ3) is 1.64. The van der Waals surface area contributed by atoms with Gasteiger partial charge in [0.2, 0.25) is 5.79 Å². The number of hydrogen-bond donors (Lipinski definition) is 1. The molecule has 0 amide bonds. The lowest BCUT2D eigenvalue weighted by atomic mass is 9.58. The van der Waals surface area contributed by atoms with Crippen LogP contribution < -0.4 is 0 Å². The van der Waals surface area contributed by atoms with Crippen LogP contribution in [0.15, 0.2) is 0 Å². The summed E-state index contributed by atoms with van der Waals surface area (Å²) in [7, 11) is 0. The van der Waals surface area contributed by atoms with Gasteiger partial charge in [0.25, 0.3) is 0 Å². The van der Waals surface area contributed by atoms with Crippen molar-refractivity contribution in [2.45, 2.75) is 69.6 Å². The average Bonchev–Trinajstić information content (AvgIpc) is 2.63. The Morgan fingerprint density at radius 2 is 1.85 bits per heavy atom. The lowest BCUT2D eigenvalue weighted by molar-refractivity contribution is -0.568. The highest BCUT2D eigenvalue weighted by Gasteiger charge is 2.68. The van der Waals surface area contributed by atoms with E-state index in [2.05, 4.69) is 26.5 Å². The maximum Gasteiger partial charge on any atom is 0.201 e. The van der Waals surface area contributed by atoms with Gasteiger partial charge in [-0.1, -0.05) is 13.8 Å². The lowest BCUT2D eigenvalue weighted by Gasteiger charge is -2.60. The zero-order valence-corrected chi connectivity index (χ0v) is 13.3. The summed E-state index contributed by atoms with van der Waals surface area (Å²) in [5.41, 5.74) is -0.525. The van der Waals surface area contributed by atoms with E-state index in [9.17, 15) is 0 Å². The van der Waals surface area contributed by atoms with E-state index in [1.807, 2.05) is 6.92 Å². The molecule has 0 aromatic carbocycles. The van der Waals surface area contributed by atoms with Crippen LogP contribution in [-0.4, -0.2) is 23.1 Å². The van der Waals surface area contributed by atoms with Crippen molar-refractivity contribution in [3.63, 3.8) is 0 Å². The molecular formula is C15H24O4S. The molecule has 2 bridgehead atoms. The highest BCUT2D eigenvalue weighted by atomic mass is 32.1. The Morgan fingerprint density at radius 3 is 2.65 bits per heavy atom. The Hall–Kier alpha value is 0.190. The summed E-state index contributed by atoms with van der Waals surface area (Å²) in [5, 5.41) is 0. The summed E-state index contributed by atoms with van der Waals surface area (Å²) >= 11 is 4.62. The van der Waals surface area contributed by atoms with Gasteiger partial charge in [-0.05, 0) is 43.9 Å². The summed E-state index contributed by atoms with van der Waals surface area (Å²) in [6.07, 6.45) is 3.98. The molecule has 5 heteroatoms. The topological polar surface area (TPSA) is 36.9 Å². The van der Waals surface area contributed by atoms with Gasteiger partial charge in [-0.2, -0.15) is 0 Å². The number of hydrogen-bond acceptors (Lipinski definition) is 5. The van der Waals surface area contributed by atoms with Crippen LogP contribution in [0.5, 0.6) is 0 Å². The van der Waals surface area contributed by atoms with Crippen LogP contribution >= 0.6 is 12.6 Å². The summed E-state index contributed by atoms with van der Waals surface area (Å²) in [4.78, 5) is 11.8. The molecule has 5 aliphatic rings. The Kier molecular flexibility index (Phi) is 3.01. The number of ether oxygens (including phenoxy) is 2. The van der Waals surface area contributed by atoms with Gasteiger partial charge in [0.1, 0.15) is 5.44 Å². The first-order valence-corrected chi connectivity index (χ1v) is 8.36. The van der Waals surface area contributed by atoms with Crippen LogP contribution in [0, 0.1) is 23.7 Å². The van der Waals surface area contributed by atoms with Gasteiger partial charge in [0, 0.05) is 12.3 Å². The second kappa shape index (κ2) is 4.35. The summed E-state index contributed by atoms with van der Waals surface area (Å²) in [5.74, 6) is 1.13. The fourth-order valence-corrected chi connectivity index (χ4v) is 5.20. The molecule has 0 unspecified atom stereocenters. The van der Waals surface area contributed by atoms with Gasteiger partial charge in [-0.3, -0.25) is 0 Å². The smallest absolute Gasteiger partial charge is 0.201 e. The molecule has 4 heterocycles. The minimum Gasteiger partial charge on any atom is -0.335 e. The molecule has 4 nitrogen and oxygen atoms in total. The molecule has 20 heavy (non-hydrogen) atoms. The van der Waals surface area contributed by atoms with Crippen molar-refractivity contribution < 1.29 is 19.2 Å². The third-order valence-electron chi connectivity index (χ3n) is 6.12. The van der Waals surface area contributed by atoms with Crippen molar-refractivity contribution >= 4 is 12.6 Å². The van der Waals surface area contributed by atoms with E-state index < -0.39 is 11.4 Å². The first-order valence-electron chi connectivity index (χ1n) is 7.84. The van der Waals surface area contributed by atoms with E-state index in [0.29, 0.717) is 23.7 Å². The second-order valence-corrected chi connectivity index (χ2v) is 7.80. The fraction of sp³-hybridized carbons (Fsp3) is 1.00. The normalized spacial score (nSPS) is 61.8. The van der Waals surface area contributed by atoms with E-state index in [-0.39, 0.29) is 11.7 Å². The van der Waals surface area contributed by atoms with Crippen molar-refractivity contribution in [2.24, 2.45) is 23.7 Å². The van der Waals surface area contributed by atoms with Gasteiger partial charge in [-0.25, -0.2) is 9.78 Å². The molecule has 4 aliphatic heterocycles. The van der Waals surface area contributed by atoms with Crippen molar-refractivity contribution in [3.8, 4) is 0 Å². The summed E-state index contributed by atoms with van der Waals surface area (Å²) < 4.78 is 12.3. The van der Waals surface area contributed by atoms with Gasteiger partial charge in [0.05, 0.1) is 0 Å². The molecule has 5 rings (SSSR count). The molecule has 0 aromatic rings. The summed E-state index contributed by atoms with van der Waals surface area (Å²) in [6.45, 7) is 6.49. The standard InChI is InChI=1S/C15H24O4S/c1-8-4-5-11-9(2)12(20)16-13-15(11)10(8)6-7-14(3,17-13)18-19-15/h8-13,20H,4-7H2,1-3H3/t8-,9-,10+,11+,12+,13-,14-,15-/m1/s1. The lowest BCUT2D eigenvalue weighted by Crippen LogP contribution is -2.69. The van der Waals surface area contributed by atoms with Crippen LogP contribution in [-0.2, 0) is 19.2 Å². The molecule has 8 atom stereocenters. The molecule has 0 N–H and O–H groups in total. The minimum atomic E-state index is -0.675. The van der Waals surface area contributed by atoms with Crippen molar-refractivity contribution in [2.75, 3.05) is 0 Å². The highest BCUT2D eigenvalue weighted by Crippen LogP contribution is 2.60. The first kappa shape index (κ1) is 13.8. The monoisotopic (exact) mass is 300 g/mol. The first-order chi connectivity index (χ1) is 9.46. The van der Waals surface area contributed by atoms with Gasteiger partial charge in [-0.15, -0.1) is 12.6 Å². The number of thiol groups is 1. The van der Waals surface area contributed by atoms with E-state index in [4.69, 9.17) is 19.2 Å². The minimum absolute atomic E-state index is 0.0868. The quantitative estimate of drug-likeness (QED) is 0.551. The van der Waals surface area contributed by atoms with Gasteiger partial charge in [0.15, 0.2) is 11.9 Å². The van der Waals surface area contributed by atoms with Crippen molar-refractivity contribution in [1.82, 2.24) is 0 Å². The van der Waals surface area contributed by atoms with Gasteiger partial charge >= 0.3 is 0 Å². The van der Waals surface area contributed by atoms with E-state index in [1.54, 1.807) is 0 Å². The molecular weight excluding hydrogens is 276 g/mol. The molecule has 114 valence electrons. The molecule has 1 saturated carbocycles. The number of fused-ring (bicyclic) bond motifs is 2. The predicted molar refractivity (Wildman–Crippen MR) is 75.8 cm³/mol. The second-order valence-electron chi connectivity index (χ2n) is 7.30. The molecule has 0 radical (unpaired) electrons. The maximum atomic E-state index is 6.18. The molecule has 1 spiro atoms. The zero-order chi connectivity index (χ0) is 14.1. The van der Waals surface area contributed by atoms with Crippen molar-refractivity contribution in [3.05, 3.63) is 0 Å². The molecule has 5 fully saturated rings. The maximum absolute atomic E-state index is 6.18. The summed E-state index contributed by atoms with van der Waals surface area (Å²) in [6, 6.07) is 0. The van der Waals surface area contributed by atoms with Gasteiger partial charge < -0.3 is 9.47 Å². The van der Waals surface area contributed by atoms with Crippen molar-refractivity contribution in [1.29, 1.82) is 0 Å². The SMILES string of the molecule is C[C@H]1[C@H](S)O[C@@H]2O[C@@]3(C)CC[C@H]4[C@H](C)CC[C@@H]1[C@@]24OO3. The van der Waals surface area contributed by atoms with E-state index >= 15 is 0 Å². The Labute approximate surface area is 125 Å². The highest BCUT2D eigenvalue weighted by molar-refractivity contribution is 7.80. The largest absolute Gasteiger partial charge is 0.335 e. The Morgan fingerprint density at radius 1 is 1.05 bits per heavy atom. The van der Waals surface area contributed by atoms with Crippen LogP contribution in [0.25, 0.3) is 0 Å². The van der Waals surface area contributed by atoms with E-state index in [1.165, 1.54) is 6.42 Å². The van der Waals surface area contributed by atoms with Crippen LogP contribution in [0.4, 0.5) is 0 Å². The third-order valence-corrected chi connectivity index (χ3v) is 6.71. The predicted octanol–water partition coefficient (Wildman–Crippen LogP) is 3.12. The Balaban J connectivity index is 1.82. The molecule has 1 aliphatic carbocycles. The van der Waals surface area contributed by atoms with E-state index in [0.717, 1.165) is 19.3 Å². The van der Waals surface area contributed by atoms with Crippen LogP contribution in [0.2, 0.25) is 0 Å². The molecule has 0 aromatic heterocycles. The Bertz CT molecular complexity index is 415. The average molecular weight is 300 g/mol. The zero-order valence-electron chi connectivity index (χ0n) is 12.4. The van der Waals surface area contributed by atoms with Crippen LogP contribution in [0.3, 0.4) is 0 Å².